The van der Waals surface area contributed by atoms with Crippen LogP contribution in [0.25, 0.3) is 10.9 Å². The van der Waals surface area contributed by atoms with E-state index >= 15 is 0 Å². The molecule has 4 heterocycles. The van der Waals surface area contributed by atoms with Crippen LogP contribution in [-0.4, -0.2) is 38.2 Å². The maximum Gasteiger partial charge on any atom is 0.276 e. The standard InChI is InChI=1S/C22H19N5O2S/c28-20(11-14-12-24-16-6-2-1-5-15(14)16)27-10-8-17-19(13-27)30-22(25-17)26-21(29)18-7-3-4-9-23-18/h1-7,9,12,24H,8,10-11,13H2,(H,25,26,29). The third-order valence-corrected chi connectivity index (χ3v) is 6.22. The molecule has 0 fully saturated rings. The molecule has 2 amide bonds. The van der Waals surface area contributed by atoms with Crippen molar-refractivity contribution in [1.82, 2.24) is 19.9 Å². The summed E-state index contributed by atoms with van der Waals surface area (Å²) in [5, 5.41) is 4.44. The molecule has 0 aliphatic carbocycles. The summed E-state index contributed by atoms with van der Waals surface area (Å²) in [4.78, 5) is 39.9. The minimum atomic E-state index is -0.283. The van der Waals surface area contributed by atoms with Gasteiger partial charge in [-0.1, -0.05) is 35.6 Å². The number of thiazole rings is 1. The summed E-state index contributed by atoms with van der Waals surface area (Å²) in [6.45, 7) is 1.15. The van der Waals surface area contributed by atoms with Gasteiger partial charge >= 0.3 is 0 Å². The highest BCUT2D eigenvalue weighted by molar-refractivity contribution is 7.15. The van der Waals surface area contributed by atoms with E-state index in [9.17, 15) is 9.59 Å². The van der Waals surface area contributed by atoms with E-state index in [-0.39, 0.29) is 11.8 Å². The van der Waals surface area contributed by atoms with Crippen LogP contribution in [-0.2, 0) is 24.2 Å². The maximum atomic E-state index is 12.9. The number of aromatic nitrogens is 3. The molecular weight excluding hydrogens is 398 g/mol. The zero-order chi connectivity index (χ0) is 20.5. The fourth-order valence-electron chi connectivity index (χ4n) is 3.67. The van der Waals surface area contributed by atoms with Crippen LogP contribution < -0.4 is 5.32 Å². The summed E-state index contributed by atoms with van der Waals surface area (Å²) in [5.41, 5.74) is 3.35. The van der Waals surface area contributed by atoms with E-state index in [0.717, 1.165) is 27.0 Å². The van der Waals surface area contributed by atoms with Crippen molar-refractivity contribution in [2.24, 2.45) is 0 Å². The third-order valence-electron chi connectivity index (χ3n) is 5.22. The minimum Gasteiger partial charge on any atom is -0.361 e. The number of nitrogens with one attached hydrogen (secondary N) is 2. The first kappa shape index (κ1) is 18.5. The van der Waals surface area contributed by atoms with Crippen LogP contribution >= 0.6 is 11.3 Å². The molecule has 4 aromatic rings. The predicted molar refractivity (Wildman–Crippen MR) is 115 cm³/mol. The second-order valence-corrected chi connectivity index (χ2v) is 8.24. The van der Waals surface area contributed by atoms with Crippen molar-refractivity contribution in [2.75, 3.05) is 11.9 Å². The molecule has 0 unspecified atom stereocenters. The lowest BCUT2D eigenvalue weighted by atomic mass is 10.1. The Labute approximate surface area is 176 Å². The molecule has 0 atom stereocenters. The van der Waals surface area contributed by atoms with Gasteiger partial charge in [0.05, 0.1) is 18.7 Å². The molecule has 5 rings (SSSR count). The molecule has 1 aromatic carbocycles. The number of fused-ring (bicyclic) bond motifs is 2. The highest BCUT2D eigenvalue weighted by Crippen LogP contribution is 2.29. The Morgan fingerprint density at radius 2 is 2.03 bits per heavy atom. The van der Waals surface area contributed by atoms with Crippen LogP contribution in [0.4, 0.5) is 5.13 Å². The van der Waals surface area contributed by atoms with Crippen molar-refractivity contribution in [3.8, 4) is 0 Å². The Kier molecular flexibility index (Phi) is 4.76. The number of nitrogens with zero attached hydrogens (tertiary/aromatic N) is 3. The number of rotatable bonds is 4. The van der Waals surface area contributed by atoms with E-state index in [2.05, 4.69) is 20.3 Å². The predicted octanol–water partition coefficient (Wildman–Crippen LogP) is 3.40. The molecule has 7 nitrogen and oxygen atoms in total. The van der Waals surface area contributed by atoms with Crippen molar-refractivity contribution >= 4 is 39.2 Å². The number of hydrogen-bond acceptors (Lipinski definition) is 5. The smallest absolute Gasteiger partial charge is 0.276 e. The largest absolute Gasteiger partial charge is 0.361 e. The van der Waals surface area contributed by atoms with Crippen LogP contribution in [0.3, 0.4) is 0 Å². The Bertz CT molecular complexity index is 1230. The number of para-hydroxylation sites is 1. The van der Waals surface area contributed by atoms with E-state index < -0.39 is 0 Å². The van der Waals surface area contributed by atoms with Gasteiger partial charge in [0.25, 0.3) is 5.91 Å². The lowest BCUT2D eigenvalue weighted by molar-refractivity contribution is -0.131. The fourth-order valence-corrected chi connectivity index (χ4v) is 4.69. The third kappa shape index (κ3) is 3.57. The van der Waals surface area contributed by atoms with Gasteiger partial charge in [-0.2, -0.15) is 0 Å². The average Bonchev–Trinajstić information content (AvgIpc) is 3.37. The number of benzene rings is 1. The van der Waals surface area contributed by atoms with Crippen LogP contribution in [0.5, 0.6) is 0 Å². The molecule has 8 heteroatoms. The monoisotopic (exact) mass is 417 g/mol. The van der Waals surface area contributed by atoms with E-state index in [4.69, 9.17) is 0 Å². The molecule has 0 radical (unpaired) electrons. The summed E-state index contributed by atoms with van der Waals surface area (Å²) in [5.74, 6) is -0.188. The molecule has 2 N–H and O–H groups in total. The summed E-state index contributed by atoms with van der Waals surface area (Å²) >= 11 is 1.42. The number of aromatic amines is 1. The second kappa shape index (κ2) is 7.72. The molecule has 0 spiro atoms. The number of carbonyl (C=O) groups is 2. The van der Waals surface area contributed by atoms with E-state index in [1.165, 1.54) is 11.3 Å². The number of H-pyrrole nitrogens is 1. The van der Waals surface area contributed by atoms with Crippen LogP contribution in [0, 0.1) is 0 Å². The molecule has 30 heavy (non-hydrogen) atoms. The van der Waals surface area contributed by atoms with Crippen molar-refractivity contribution in [1.29, 1.82) is 0 Å². The van der Waals surface area contributed by atoms with E-state index in [0.29, 0.717) is 36.8 Å². The van der Waals surface area contributed by atoms with Crippen molar-refractivity contribution in [3.05, 3.63) is 76.7 Å². The topological polar surface area (TPSA) is 91.0 Å². The Morgan fingerprint density at radius 1 is 1.17 bits per heavy atom. The molecule has 1 aliphatic rings. The van der Waals surface area contributed by atoms with Crippen molar-refractivity contribution in [3.63, 3.8) is 0 Å². The Morgan fingerprint density at radius 3 is 2.90 bits per heavy atom. The Hall–Kier alpha value is -3.52. The lowest BCUT2D eigenvalue weighted by Crippen LogP contribution is -2.36. The minimum absolute atomic E-state index is 0.0953. The zero-order valence-corrected chi connectivity index (χ0v) is 16.9. The SMILES string of the molecule is O=C(Nc1nc2c(s1)CN(C(=O)Cc1c[nH]c3ccccc13)CC2)c1ccccn1. The second-order valence-electron chi connectivity index (χ2n) is 7.16. The number of hydrogen-bond donors (Lipinski definition) is 2. The Balaban J connectivity index is 1.27. The van der Waals surface area contributed by atoms with Gasteiger partial charge in [0.1, 0.15) is 5.69 Å². The van der Waals surface area contributed by atoms with Gasteiger partial charge in [0.15, 0.2) is 5.13 Å². The van der Waals surface area contributed by atoms with Crippen molar-refractivity contribution < 1.29 is 9.59 Å². The van der Waals surface area contributed by atoms with E-state index in [1.54, 1.807) is 24.4 Å². The zero-order valence-electron chi connectivity index (χ0n) is 16.1. The van der Waals surface area contributed by atoms with Gasteiger partial charge in [-0.3, -0.25) is 19.9 Å². The van der Waals surface area contributed by atoms with Gasteiger partial charge in [0, 0.05) is 41.1 Å². The molecule has 0 bridgehead atoms. The molecule has 1 aliphatic heterocycles. The van der Waals surface area contributed by atoms with Crippen LogP contribution in [0.15, 0.2) is 54.9 Å². The van der Waals surface area contributed by atoms with Gasteiger partial charge in [-0.15, -0.1) is 0 Å². The molecule has 3 aromatic heterocycles. The van der Waals surface area contributed by atoms with E-state index in [1.807, 2.05) is 35.4 Å². The number of amides is 2. The summed E-state index contributed by atoms with van der Waals surface area (Å²) < 4.78 is 0. The first-order valence-corrected chi connectivity index (χ1v) is 10.5. The maximum absolute atomic E-state index is 12.9. The first-order chi connectivity index (χ1) is 14.7. The van der Waals surface area contributed by atoms with Crippen LogP contribution in [0.2, 0.25) is 0 Å². The molecule has 0 saturated heterocycles. The normalized spacial score (nSPS) is 13.3. The van der Waals surface area contributed by atoms with Crippen LogP contribution in [0.1, 0.15) is 26.6 Å². The highest BCUT2D eigenvalue weighted by atomic mass is 32.1. The number of anilines is 1. The average molecular weight is 417 g/mol. The molecule has 150 valence electrons. The highest BCUT2D eigenvalue weighted by Gasteiger charge is 2.25. The lowest BCUT2D eigenvalue weighted by Gasteiger charge is -2.26. The fraction of sp³-hybridized carbons (Fsp3) is 0.182. The van der Waals surface area contributed by atoms with Gasteiger partial charge < -0.3 is 9.88 Å². The van der Waals surface area contributed by atoms with Gasteiger partial charge in [-0.25, -0.2) is 4.98 Å². The summed E-state index contributed by atoms with van der Waals surface area (Å²) in [6, 6.07) is 13.2. The quantitative estimate of drug-likeness (QED) is 0.532. The molecular formula is C22H19N5O2S. The summed E-state index contributed by atoms with van der Waals surface area (Å²) in [6.07, 6.45) is 4.54. The van der Waals surface area contributed by atoms with Gasteiger partial charge in [0.2, 0.25) is 5.91 Å². The number of pyridine rings is 1. The number of carbonyl (C=O) groups excluding carboxylic acids is 2. The summed E-state index contributed by atoms with van der Waals surface area (Å²) in [7, 11) is 0. The first-order valence-electron chi connectivity index (χ1n) is 9.71. The van der Waals surface area contributed by atoms with Crippen molar-refractivity contribution in [2.45, 2.75) is 19.4 Å². The molecule has 0 saturated carbocycles. The van der Waals surface area contributed by atoms with Gasteiger partial charge in [-0.05, 0) is 23.8 Å².